The highest BCUT2D eigenvalue weighted by Crippen LogP contribution is 2.05. The van der Waals surface area contributed by atoms with Gasteiger partial charge in [-0.15, -0.1) is 10.2 Å². The number of nitrogens with one attached hydrogen (secondary N) is 2. The van der Waals surface area contributed by atoms with Gasteiger partial charge in [-0.1, -0.05) is 35.0 Å². The van der Waals surface area contributed by atoms with E-state index in [-0.39, 0.29) is 12.5 Å². The van der Waals surface area contributed by atoms with Gasteiger partial charge < -0.3 is 5.32 Å². The topological polar surface area (TPSA) is 83.6 Å². The summed E-state index contributed by atoms with van der Waals surface area (Å²) in [4.78, 5) is 11.5. The van der Waals surface area contributed by atoms with E-state index in [0.29, 0.717) is 5.82 Å². The van der Waals surface area contributed by atoms with Gasteiger partial charge in [0.1, 0.15) is 0 Å². The molecule has 92 valence electrons. The maximum atomic E-state index is 11.5. The van der Waals surface area contributed by atoms with Crippen molar-refractivity contribution in [3.8, 4) is 0 Å². The lowest BCUT2D eigenvalue weighted by atomic mass is 10.1. The maximum absolute atomic E-state index is 11.5. The Balaban J connectivity index is 1.87. The number of H-pyrrole nitrogens is 1. The Hall–Kier alpha value is -2.50. The van der Waals surface area contributed by atoms with E-state index >= 15 is 0 Å². The fraction of sp³-hybridized carbons (Fsp3) is 0.167. The van der Waals surface area contributed by atoms with Gasteiger partial charge >= 0.3 is 0 Å². The van der Waals surface area contributed by atoms with Crippen LogP contribution in [0.1, 0.15) is 17.0 Å². The molecule has 2 rings (SSSR count). The molecule has 1 aromatic heterocycles. The molecule has 0 fully saturated rings. The molecular weight excluding hydrogens is 230 g/mol. The fourth-order valence-electron chi connectivity index (χ4n) is 1.43. The van der Waals surface area contributed by atoms with Gasteiger partial charge in [0.2, 0.25) is 5.91 Å². The largest absolute Gasteiger partial charge is 0.345 e. The summed E-state index contributed by atoms with van der Waals surface area (Å²) in [6.07, 6.45) is 3.24. The zero-order valence-corrected chi connectivity index (χ0v) is 9.92. The molecule has 18 heavy (non-hydrogen) atoms. The molecule has 6 nitrogen and oxygen atoms in total. The number of rotatable bonds is 4. The average Bonchev–Trinajstić information content (AvgIpc) is 2.87. The summed E-state index contributed by atoms with van der Waals surface area (Å²) >= 11 is 0. The maximum Gasteiger partial charge on any atom is 0.244 e. The van der Waals surface area contributed by atoms with Crippen molar-refractivity contribution in [2.75, 3.05) is 0 Å². The summed E-state index contributed by atoms with van der Waals surface area (Å²) in [7, 11) is 0. The van der Waals surface area contributed by atoms with Crippen LogP contribution in [-0.2, 0) is 11.3 Å². The molecule has 2 N–H and O–H groups in total. The van der Waals surface area contributed by atoms with Crippen molar-refractivity contribution in [1.82, 2.24) is 25.9 Å². The van der Waals surface area contributed by atoms with Gasteiger partial charge in [-0.25, -0.2) is 0 Å². The van der Waals surface area contributed by atoms with Crippen molar-refractivity contribution in [2.45, 2.75) is 13.5 Å². The van der Waals surface area contributed by atoms with Crippen LogP contribution >= 0.6 is 0 Å². The van der Waals surface area contributed by atoms with E-state index in [0.717, 1.165) is 11.1 Å². The lowest BCUT2D eigenvalue weighted by molar-refractivity contribution is -0.116. The van der Waals surface area contributed by atoms with Crippen molar-refractivity contribution in [3.63, 3.8) is 0 Å². The highest BCUT2D eigenvalue weighted by molar-refractivity contribution is 5.91. The van der Waals surface area contributed by atoms with Gasteiger partial charge in [0.05, 0.1) is 6.54 Å². The molecule has 0 aliphatic heterocycles. The third kappa shape index (κ3) is 3.51. The van der Waals surface area contributed by atoms with Gasteiger partial charge in [-0.3, -0.25) is 4.79 Å². The van der Waals surface area contributed by atoms with E-state index in [1.807, 2.05) is 31.2 Å². The first-order chi connectivity index (χ1) is 8.74. The van der Waals surface area contributed by atoms with Crippen LogP contribution in [-0.4, -0.2) is 26.5 Å². The van der Waals surface area contributed by atoms with Crippen LogP contribution in [0, 0.1) is 6.92 Å². The van der Waals surface area contributed by atoms with E-state index in [1.54, 1.807) is 6.08 Å². The lowest BCUT2D eigenvalue weighted by Crippen LogP contribution is -2.20. The van der Waals surface area contributed by atoms with Crippen LogP contribution in [0.25, 0.3) is 6.08 Å². The number of hydrogen-bond donors (Lipinski definition) is 2. The Morgan fingerprint density at radius 3 is 3.11 bits per heavy atom. The predicted octanol–water partition coefficient (Wildman–Crippen LogP) is 0.838. The number of aromatic nitrogens is 4. The van der Waals surface area contributed by atoms with Crippen LogP contribution in [0.15, 0.2) is 30.3 Å². The molecule has 0 spiro atoms. The first-order valence-corrected chi connectivity index (χ1v) is 5.49. The Kier molecular flexibility index (Phi) is 3.80. The van der Waals surface area contributed by atoms with Gasteiger partial charge in [0, 0.05) is 6.08 Å². The summed E-state index contributed by atoms with van der Waals surface area (Å²) < 4.78 is 0. The standard InChI is InChI=1S/C12H13N5O/c1-9-3-2-4-10(7-9)5-6-12(18)13-8-11-14-16-17-15-11/h2-7H,8H2,1H3,(H,13,18)(H,14,15,16,17)/b6-5+. The van der Waals surface area contributed by atoms with E-state index in [1.165, 1.54) is 6.08 Å². The summed E-state index contributed by atoms with van der Waals surface area (Å²) in [5.41, 5.74) is 2.15. The van der Waals surface area contributed by atoms with Crippen LogP contribution in [0.5, 0.6) is 0 Å². The molecule has 0 bridgehead atoms. The molecule has 0 unspecified atom stereocenters. The fourth-order valence-corrected chi connectivity index (χ4v) is 1.43. The zero-order chi connectivity index (χ0) is 12.8. The quantitative estimate of drug-likeness (QED) is 0.779. The second-order valence-corrected chi connectivity index (χ2v) is 3.79. The first-order valence-electron chi connectivity index (χ1n) is 5.49. The molecule has 0 aliphatic carbocycles. The van der Waals surface area contributed by atoms with Crippen LogP contribution in [0.3, 0.4) is 0 Å². The number of benzene rings is 1. The number of amides is 1. The summed E-state index contributed by atoms with van der Waals surface area (Å²) in [5, 5.41) is 15.8. The number of hydrogen-bond acceptors (Lipinski definition) is 4. The summed E-state index contributed by atoms with van der Waals surface area (Å²) in [6.45, 7) is 2.27. The number of aromatic amines is 1. The Bertz CT molecular complexity index is 547. The highest BCUT2D eigenvalue weighted by Gasteiger charge is 1.99. The smallest absolute Gasteiger partial charge is 0.244 e. The Labute approximate surface area is 104 Å². The van der Waals surface area contributed by atoms with Crippen molar-refractivity contribution < 1.29 is 4.79 Å². The second-order valence-electron chi connectivity index (χ2n) is 3.79. The minimum atomic E-state index is -0.193. The van der Waals surface area contributed by atoms with E-state index < -0.39 is 0 Å². The second kappa shape index (κ2) is 5.72. The number of carbonyl (C=O) groups is 1. The predicted molar refractivity (Wildman–Crippen MR) is 66.2 cm³/mol. The molecule has 1 amide bonds. The molecule has 6 heteroatoms. The minimum Gasteiger partial charge on any atom is -0.345 e. The zero-order valence-electron chi connectivity index (χ0n) is 9.92. The number of aryl methyl sites for hydroxylation is 1. The first kappa shape index (κ1) is 12.0. The van der Waals surface area contributed by atoms with Gasteiger partial charge in [-0.05, 0) is 18.6 Å². The molecule has 0 atom stereocenters. The summed E-state index contributed by atoms with van der Waals surface area (Å²) in [5.74, 6) is 0.258. The van der Waals surface area contributed by atoms with Crippen molar-refractivity contribution in [2.24, 2.45) is 0 Å². The molecule has 0 saturated carbocycles. The monoisotopic (exact) mass is 243 g/mol. The normalized spacial score (nSPS) is 10.7. The molecular formula is C12H13N5O. The van der Waals surface area contributed by atoms with E-state index in [2.05, 4.69) is 25.9 Å². The van der Waals surface area contributed by atoms with Crippen LogP contribution in [0.2, 0.25) is 0 Å². The lowest BCUT2D eigenvalue weighted by Gasteiger charge is -1.97. The minimum absolute atomic E-state index is 0.193. The molecule has 2 aromatic rings. The SMILES string of the molecule is Cc1cccc(/C=C/C(=O)NCc2nn[nH]n2)c1. The number of nitrogens with zero attached hydrogens (tertiary/aromatic N) is 3. The van der Waals surface area contributed by atoms with Crippen molar-refractivity contribution >= 4 is 12.0 Å². The number of carbonyl (C=O) groups excluding carboxylic acids is 1. The van der Waals surface area contributed by atoms with Crippen molar-refractivity contribution in [3.05, 3.63) is 47.3 Å². The van der Waals surface area contributed by atoms with Crippen LogP contribution < -0.4 is 5.32 Å². The van der Waals surface area contributed by atoms with E-state index in [4.69, 9.17) is 0 Å². The average molecular weight is 243 g/mol. The van der Waals surface area contributed by atoms with E-state index in [9.17, 15) is 4.79 Å². The molecule has 0 radical (unpaired) electrons. The molecule has 0 saturated heterocycles. The third-order valence-electron chi connectivity index (χ3n) is 2.28. The van der Waals surface area contributed by atoms with Crippen LogP contribution in [0.4, 0.5) is 0 Å². The van der Waals surface area contributed by atoms with Gasteiger partial charge in [0.25, 0.3) is 0 Å². The highest BCUT2D eigenvalue weighted by atomic mass is 16.1. The Morgan fingerprint density at radius 1 is 1.50 bits per heavy atom. The summed E-state index contributed by atoms with van der Waals surface area (Å²) in [6, 6.07) is 7.90. The molecule has 1 heterocycles. The van der Waals surface area contributed by atoms with Gasteiger partial charge in [-0.2, -0.15) is 5.21 Å². The number of tetrazole rings is 1. The third-order valence-corrected chi connectivity index (χ3v) is 2.28. The Morgan fingerprint density at radius 2 is 2.39 bits per heavy atom. The van der Waals surface area contributed by atoms with Gasteiger partial charge in [0.15, 0.2) is 5.82 Å². The van der Waals surface area contributed by atoms with Crippen molar-refractivity contribution in [1.29, 1.82) is 0 Å². The molecule has 0 aliphatic rings. The molecule has 1 aromatic carbocycles.